The van der Waals surface area contributed by atoms with Crippen molar-refractivity contribution in [2.24, 2.45) is 12.8 Å². The van der Waals surface area contributed by atoms with Gasteiger partial charge in [0.15, 0.2) is 17.3 Å². The average Bonchev–Trinajstić information content (AvgIpc) is 3.49. The lowest BCUT2D eigenvalue weighted by Gasteiger charge is -2.13. The van der Waals surface area contributed by atoms with Crippen LogP contribution in [0.5, 0.6) is 23.1 Å². The summed E-state index contributed by atoms with van der Waals surface area (Å²) in [7, 11) is 3.43. The third-order valence-electron chi connectivity index (χ3n) is 6.19. The Hall–Kier alpha value is -4.43. The van der Waals surface area contributed by atoms with Gasteiger partial charge in [0.2, 0.25) is 0 Å². The maximum Gasteiger partial charge on any atom is 0.258 e. The van der Waals surface area contributed by atoms with Gasteiger partial charge in [-0.2, -0.15) is 5.10 Å². The summed E-state index contributed by atoms with van der Waals surface area (Å²) in [5, 5.41) is 4.17. The van der Waals surface area contributed by atoms with Gasteiger partial charge in [0.05, 0.1) is 64.8 Å². The molecular weight excluding hydrogens is 568 g/mol. The highest BCUT2D eigenvalue weighted by Crippen LogP contribution is 2.30. The number of anilines is 1. The van der Waals surface area contributed by atoms with Gasteiger partial charge in [0.25, 0.3) is 5.88 Å². The molecule has 0 atom stereocenters. The van der Waals surface area contributed by atoms with Gasteiger partial charge in [-0.15, -0.1) is 0 Å². The van der Waals surface area contributed by atoms with E-state index in [1.54, 1.807) is 24.2 Å². The van der Waals surface area contributed by atoms with E-state index in [-0.39, 0.29) is 18.3 Å². The van der Waals surface area contributed by atoms with Crippen molar-refractivity contribution >= 4 is 5.82 Å². The second-order valence-corrected chi connectivity index (χ2v) is 9.53. The van der Waals surface area contributed by atoms with E-state index in [2.05, 4.69) is 15.1 Å². The van der Waals surface area contributed by atoms with Crippen LogP contribution in [0.2, 0.25) is 0 Å². The van der Waals surface area contributed by atoms with Crippen molar-refractivity contribution in [3.63, 3.8) is 0 Å². The van der Waals surface area contributed by atoms with Gasteiger partial charge >= 0.3 is 0 Å². The maximum atomic E-state index is 6.03. The normalized spacial score (nSPS) is 11.0. The van der Waals surface area contributed by atoms with Crippen molar-refractivity contribution in [3.8, 4) is 34.4 Å². The van der Waals surface area contributed by atoms with Gasteiger partial charge in [0, 0.05) is 25.4 Å². The zero-order valence-corrected chi connectivity index (χ0v) is 25.1. The van der Waals surface area contributed by atoms with E-state index >= 15 is 0 Å². The third kappa shape index (κ3) is 10.4. The second kappa shape index (κ2) is 17.6. The van der Waals surface area contributed by atoms with Gasteiger partial charge in [-0.3, -0.25) is 4.68 Å². The predicted octanol–water partition coefficient (Wildman–Crippen LogP) is 3.01. The Balaban J connectivity index is 1.18. The molecule has 0 spiro atoms. The van der Waals surface area contributed by atoms with Gasteiger partial charge in [-0.05, 0) is 35.4 Å². The summed E-state index contributed by atoms with van der Waals surface area (Å²) >= 11 is 0. The lowest BCUT2D eigenvalue weighted by Crippen LogP contribution is -2.14. The number of aromatic nitrogens is 4. The molecule has 0 aliphatic rings. The number of nitrogens with two attached hydrogens (primary N) is 2. The molecule has 0 radical (unpaired) electrons. The Morgan fingerprint density at radius 3 is 2.11 bits per heavy atom. The maximum absolute atomic E-state index is 6.03. The third-order valence-corrected chi connectivity index (χ3v) is 6.19. The Kier molecular flexibility index (Phi) is 13.0. The first-order valence-corrected chi connectivity index (χ1v) is 14.2. The van der Waals surface area contributed by atoms with Crippen LogP contribution < -0.4 is 30.4 Å². The first-order valence-electron chi connectivity index (χ1n) is 14.2. The van der Waals surface area contributed by atoms with E-state index in [1.807, 2.05) is 55.7 Å². The molecule has 0 saturated carbocycles. The van der Waals surface area contributed by atoms with Crippen LogP contribution in [0.4, 0.5) is 5.82 Å². The van der Waals surface area contributed by atoms with E-state index in [0.717, 1.165) is 22.4 Å². The number of benzene rings is 2. The topological polar surface area (TPSA) is 160 Å². The molecular formula is C31H40N6O7. The van der Waals surface area contributed by atoms with Gasteiger partial charge in [-0.1, -0.05) is 18.2 Å². The standard InChI is InChI=1S/C31H40N6O7/c1-37-20-25(18-35-37)27-19-34-30(33)31(36-27)44-22-24-5-8-28(29(17-24)38-2)43-21-23-3-6-26(7-4-23)42-16-15-41-14-13-40-12-11-39-10-9-32/h3-8,17-20H,9-16,21-22,32H2,1-2H3,(H2,33,34). The molecule has 4 aromatic rings. The van der Waals surface area contributed by atoms with Gasteiger partial charge in [0.1, 0.15) is 25.6 Å². The molecule has 13 nitrogen and oxygen atoms in total. The Labute approximate surface area is 257 Å². The Morgan fingerprint density at radius 1 is 0.750 bits per heavy atom. The zero-order valence-electron chi connectivity index (χ0n) is 25.1. The zero-order chi connectivity index (χ0) is 31.0. The quantitative estimate of drug-likeness (QED) is 0.141. The van der Waals surface area contributed by atoms with Crippen molar-refractivity contribution in [2.75, 3.05) is 65.6 Å². The second-order valence-electron chi connectivity index (χ2n) is 9.53. The predicted molar refractivity (Wildman–Crippen MR) is 164 cm³/mol. The van der Waals surface area contributed by atoms with Crippen molar-refractivity contribution in [1.82, 2.24) is 19.7 Å². The number of hydrogen-bond acceptors (Lipinski definition) is 12. The fraction of sp³-hybridized carbons (Fsp3) is 0.387. The van der Waals surface area contributed by atoms with E-state index in [4.69, 9.17) is 44.6 Å². The molecule has 2 heterocycles. The van der Waals surface area contributed by atoms with Crippen molar-refractivity contribution in [3.05, 3.63) is 72.2 Å². The molecule has 0 aliphatic heterocycles. The first kappa shape index (κ1) is 32.5. The molecule has 236 valence electrons. The minimum Gasteiger partial charge on any atom is -0.493 e. The molecule has 0 unspecified atom stereocenters. The first-order chi connectivity index (χ1) is 21.6. The average molecular weight is 609 g/mol. The van der Waals surface area contributed by atoms with Crippen LogP contribution in [0.15, 0.2) is 61.1 Å². The van der Waals surface area contributed by atoms with Crippen molar-refractivity contribution in [1.29, 1.82) is 0 Å². The van der Waals surface area contributed by atoms with E-state index < -0.39 is 0 Å². The molecule has 4 rings (SSSR count). The number of ether oxygens (including phenoxy) is 7. The number of methoxy groups -OCH3 is 1. The van der Waals surface area contributed by atoms with Crippen LogP contribution in [0.3, 0.4) is 0 Å². The number of hydrogen-bond donors (Lipinski definition) is 2. The highest BCUT2D eigenvalue weighted by Gasteiger charge is 2.12. The molecule has 2 aromatic carbocycles. The fourth-order valence-corrected chi connectivity index (χ4v) is 3.94. The molecule has 44 heavy (non-hydrogen) atoms. The molecule has 0 saturated heterocycles. The molecule has 0 fully saturated rings. The van der Waals surface area contributed by atoms with Gasteiger partial charge in [-0.25, -0.2) is 9.97 Å². The van der Waals surface area contributed by atoms with Crippen LogP contribution in [0, 0.1) is 0 Å². The molecule has 0 aliphatic carbocycles. The SMILES string of the molecule is COc1cc(COc2nc(-c3cnn(C)c3)cnc2N)ccc1OCc1ccc(OCCOCCOCCOCCN)cc1. The summed E-state index contributed by atoms with van der Waals surface area (Å²) in [6.45, 7) is 4.62. The number of nitrogens with zero attached hydrogens (tertiary/aromatic N) is 4. The highest BCUT2D eigenvalue weighted by molar-refractivity contribution is 5.58. The molecule has 0 amide bonds. The molecule has 13 heteroatoms. The van der Waals surface area contributed by atoms with E-state index in [1.165, 1.54) is 0 Å². The van der Waals surface area contributed by atoms with E-state index in [9.17, 15) is 0 Å². The van der Waals surface area contributed by atoms with Crippen molar-refractivity contribution in [2.45, 2.75) is 13.2 Å². The van der Waals surface area contributed by atoms with Crippen LogP contribution in [0.25, 0.3) is 11.3 Å². The minimum absolute atomic E-state index is 0.205. The summed E-state index contributed by atoms with van der Waals surface area (Å²) in [5.41, 5.74) is 14.6. The summed E-state index contributed by atoms with van der Waals surface area (Å²) in [6, 6.07) is 13.3. The largest absolute Gasteiger partial charge is 0.493 e. The monoisotopic (exact) mass is 608 g/mol. The molecule has 2 aromatic heterocycles. The smallest absolute Gasteiger partial charge is 0.258 e. The lowest BCUT2D eigenvalue weighted by molar-refractivity contribution is 0.0106. The van der Waals surface area contributed by atoms with Crippen LogP contribution in [0.1, 0.15) is 11.1 Å². The lowest BCUT2D eigenvalue weighted by atomic mass is 10.2. The summed E-state index contributed by atoms with van der Waals surface area (Å²) < 4.78 is 41.1. The van der Waals surface area contributed by atoms with Crippen molar-refractivity contribution < 1.29 is 33.2 Å². The molecule has 0 bridgehead atoms. The number of aryl methyl sites for hydroxylation is 1. The Bertz CT molecular complexity index is 1420. The molecule has 4 N–H and O–H groups in total. The summed E-state index contributed by atoms with van der Waals surface area (Å²) in [4.78, 5) is 8.71. The van der Waals surface area contributed by atoms with Crippen LogP contribution in [-0.4, -0.2) is 79.7 Å². The van der Waals surface area contributed by atoms with Crippen LogP contribution in [-0.2, 0) is 34.5 Å². The number of nitrogen functional groups attached to an aromatic ring is 1. The number of rotatable bonds is 20. The summed E-state index contributed by atoms with van der Waals surface area (Å²) in [6.07, 6.45) is 5.14. The van der Waals surface area contributed by atoms with Gasteiger partial charge < -0.3 is 44.6 Å². The Morgan fingerprint density at radius 2 is 1.43 bits per heavy atom. The summed E-state index contributed by atoms with van der Waals surface area (Å²) in [5.74, 6) is 2.40. The van der Waals surface area contributed by atoms with Crippen LogP contribution >= 0.6 is 0 Å². The van der Waals surface area contributed by atoms with E-state index in [0.29, 0.717) is 76.6 Å². The highest BCUT2D eigenvalue weighted by atomic mass is 16.6. The minimum atomic E-state index is 0.205. The fourth-order valence-electron chi connectivity index (χ4n) is 3.94.